The van der Waals surface area contributed by atoms with Gasteiger partial charge in [0, 0.05) is 9.13 Å². The van der Waals surface area contributed by atoms with Gasteiger partial charge in [0.2, 0.25) is 5.75 Å². The maximum absolute atomic E-state index is 12.2. The first-order valence-corrected chi connectivity index (χ1v) is 7.95. The summed E-state index contributed by atoms with van der Waals surface area (Å²) in [5, 5.41) is 0. The van der Waals surface area contributed by atoms with E-state index in [4.69, 9.17) is 14.2 Å². The summed E-state index contributed by atoms with van der Waals surface area (Å²) >= 11 is 2.20. The minimum atomic E-state index is -0.0600. The number of ether oxygens (including phenoxy) is 3. The molecule has 0 fully saturated rings. The van der Waals surface area contributed by atoms with Crippen LogP contribution in [0.2, 0.25) is 0 Å². The van der Waals surface area contributed by atoms with Crippen LogP contribution in [-0.4, -0.2) is 27.1 Å². The van der Waals surface area contributed by atoms with Gasteiger partial charge in [-0.3, -0.25) is 4.79 Å². The highest BCUT2D eigenvalue weighted by Gasteiger charge is 2.12. The molecule has 0 aromatic heterocycles. The second-order valence-corrected chi connectivity index (χ2v) is 5.91. The Labute approximate surface area is 149 Å². The molecule has 4 nitrogen and oxygen atoms in total. The van der Waals surface area contributed by atoms with Crippen LogP contribution in [0, 0.1) is 3.57 Å². The molecule has 0 aliphatic carbocycles. The largest absolute Gasteiger partial charge is 0.493 e. The zero-order chi connectivity index (χ0) is 16.8. The molecule has 0 radical (unpaired) electrons. The summed E-state index contributed by atoms with van der Waals surface area (Å²) in [5.41, 5.74) is 1.44. The Hall–Kier alpha value is -2.02. The lowest BCUT2D eigenvalue weighted by molar-refractivity contribution is 0.104. The SMILES string of the molecule is COc1cc(/C=C/C(=O)c2ccc(I)cc2)cc(OC)c1OC. The van der Waals surface area contributed by atoms with Crippen LogP contribution in [0.1, 0.15) is 15.9 Å². The zero-order valence-electron chi connectivity index (χ0n) is 13.1. The Morgan fingerprint density at radius 2 is 1.52 bits per heavy atom. The third kappa shape index (κ3) is 4.25. The molecule has 0 unspecified atom stereocenters. The maximum atomic E-state index is 12.2. The minimum Gasteiger partial charge on any atom is -0.493 e. The Kier molecular flexibility index (Phi) is 6.04. The van der Waals surface area contributed by atoms with Crippen molar-refractivity contribution in [1.82, 2.24) is 0 Å². The van der Waals surface area contributed by atoms with Crippen molar-refractivity contribution in [3.63, 3.8) is 0 Å². The highest BCUT2D eigenvalue weighted by Crippen LogP contribution is 2.38. The lowest BCUT2D eigenvalue weighted by Gasteiger charge is -2.12. The Morgan fingerprint density at radius 3 is 2.00 bits per heavy atom. The van der Waals surface area contributed by atoms with Crippen LogP contribution in [0.25, 0.3) is 6.08 Å². The molecule has 0 aliphatic rings. The molecule has 23 heavy (non-hydrogen) atoms. The number of hydrogen-bond acceptors (Lipinski definition) is 4. The molecule has 2 aromatic carbocycles. The standard InChI is InChI=1S/C18H17IO4/c1-21-16-10-12(11-17(22-2)18(16)23-3)4-9-15(20)13-5-7-14(19)8-6-13/h4-11H,1-3H3/b9-4+. The molecular formula is C18H17IO4. The number of carbonyl (C=O) groups is 1. The first-order valence-electron chi connectivity index (χ1n) is 6.87. The van der Waals surface area contributed by atoms with Gasteiger partial charge in [-0.25, -0.2) is 0 Å². The van der Waals surface area contributed by atoms with E-state index >= 15 is 0 Å². The predicted octanol–water partition coefficient (Wildman–Crippen LogP) is 4.21. The van der Waals surface area contributed by atoms with Gasteiger partial charge in [0.05, 0.1) is 21.3 Å². The molecule has 0 heterocycles. The number of ketones is 1. The summed E-state index contributed by atoms with van der Waals surface area (Å²) in [7, 11) is 4.67. The van der Waals surface area contributed by atoms with Crippen LogP contribution in [0.15, 0.2) is 42.5 Å². The van der Waals surface area contributed by atoms with Gasteiger partial charge in [0.15, 0.2) is 17.3 Å². The quantitative estimate of drug-likeness (QED) is 0.396. The minimum absolute atomic E-state index is 0.0600. The van der Waals surface area contributed by atoms with Gasteiger partial charge in [-0.15, -0.1) is 0 Å². The van der Waals surface area contributed by atoms with E-state index < -0.39 is 0 Å². The zero-order valence-corrected chi connectivity index (χ0v) is 15.3. The average Bonchev–Trinajstić information content (AvgIpc) is 2.59. The smallest absolute Gasteiger partial charge is 0.203 e. The van der Waals surface area contributed by atoms with Gasteiger partial charge in [-0.2, -0.15) is 0 Å². The number of benzene rings is 2. The molecule has 0 saturated carbocycles. The van der Waals surface area contributed by atoms with Gasteiger partial charge in [-0.05, 0) is 58.5 Å². The highest BCUT2D eigenvalue weighted by molar-refractivity contribution is 14.1. The van der Waals surface area contributed by atoms with Gasteiger partial charge in [-0.1, -0.05) is 18.2 Å². The highest BCUT2D eigenvalue weighted by atomic mass is 127. The number of allylic oxidation sites excluding steroid dienone is 1. The number of carbonyl (C=O) groups excluding carboxylic acids is 1. The fourth-order valence-electron chi connectivity index (χ4n) is 2.08. The molecule has 0 amide bonds. The number of hydrogen-bond donors (Lipinski definition) is 0. The summed E-state index contributed by atoms with van der Waals surface area (Å²) < 4.78 is 17.0. The van der Waals surface area contributed by atoms with Crippen molar-refractivity contribution in [2.24, 2.45) is 0 Å². The topological polar surface area (TPSA) is 44.8 Å². The molecule has 0 N–H and O–H groups in total. The first-order chi connectivity index (χ1) is 11.1. The van der Waals surface area contributed by atoms with E-state index in [1.807, 2.05) is 24.3 Å². The summed E-state index contributed by atoms with van der Waals surface area (Å²) in [4.78, 5) is 12.2. The third-order valence-electron chi connectivity index (χ3n) is 3.24. The molecule has 0 atom stereocenters. The van der Waals surface area contributed by atoms with E-state index in [0.717, 1.165) is 9.13 Å². The van der Waals surface area contributed by atoms with Crippen LogP contribution in [0.4, 0.5) is 0 Å². The normalized spacial score (nSPS) is 10.6. The fourth-order valence-corrected chi connectivity index (χ4v) is 2.44. The summed E-state index contributed by atoms with van der Waals surface area (Å²) in [6, 6.07) is 11.0. The summed E-state index contributed by atoms with van der Waals surface area (Å²) in [6.45, 7) is 0. The van der Waals surface area contributed by atoms with Gasteiger partial charge < -0.3 is 14.2 Å². The molecule has 120 valence electrons. The maximum Gasteiger partial charge on any atom is 0.203 e. The fraction of sp³-hybridized carbons (Fsp3) is 0.167. The third-order valence-corrected chi connectivity index (χ3v) is 3.96. The van der Waals surface area contributed by atoms with E-state index in [0.29, 0.717) is 22.8 Å². The van der Waals surface area contributed by atoms with Crippen LogP contribution in [0.5, 0.6) is 17.2 Å². The molecule has 0 bridgehead atoms. The predicted molar refractivity (Wildman–Crippen MR) is 98.6 cm³/mol. The number of rotatable bonds is 6. The number of halogens is 1. The molecule has 5 heteroatoms. The molecule has 0 spiro atoms. The van der Waals surface area contributed by atoms with Crippen molar-refractivity contribution in [3.8, 4) is 17.2 Å². The Balaban J connectivity index is 2.28. The second kappa shape index (κ2) is 8.01. The van der Waals surface area contributed by atoms with Crippen molar-refractivity contribution in [2.45, 2.75) is 0 Å². The van der Waals surface area contributed by atoms with Crippen LogP contribution in [0.3, 0.4) is 0 Å². The van der Waals surface area contributed by atoms with E-state index in [1.165, 1.54) is 6.08 Å². The van der Waals surface area contributed by atoms with Gasteiger partial charge >= 0.3 is 0 Å². The lowest BCUT2D eigenvalue weighted by atomic mass is 10.1. The van der Waals surface area contributed by atoms with Crippen molar-refractivity contribution >= 4 is 34.5 Å². The molecule has 2 aromatic rings. The van der Waals surface area contributed by atoms with Crippen LogP contribution >= 0.6 is 22.6 Å². The molecule has 0 aliphatic heterocycles. The van der Waals surface area contributed by atoms with Gasteiger partial charge in [0.1, 0.15) is 0 Å². The first kappa shape index (κ1) is 17.3. The lowest BCUT2D eigenvalue weighted by Crippen LogP contribution is -1.96. The monoisotopic (exact) mass is 424 g/mol. The molecular weight excluding hydrogens is 407 g/mol. The van der Waals surface area contributed by atoms with E-state index in [-0.39, 0.29) is 5.78 Å². The van der Waals surface area contributed by atoms with Gasteiger partial charge in [0.25, 0.3) is 0 Å². The summed E-state index contributed by atoms with van der Waals surface area (Å²) in [5.74, 6) is 1.56. The molecule has 2 rings (SSSR count). The van der Waals surface area contributed by atoms with Crippen LogP contribution < -0.4 is 14.2 Å². The average molecular weight is 424 g/mol. The van der Waals surface area contributed by atoms with Crippen molar-refractivity contribution in [2.75, 3.05) is 21.3 Å². The van der Waals surface area contributed by atoms with Crippen molar-refractivity contribution in [3.05, 3.63) is 57.2 Å². The van der Waals surface area contributed by atoms with E-state index in [9.17, 15) is 4.79 Å². The number of methoxy groups -OCH3 is 3. The van der Waals surface area contributed by atoms with Crippen molar-refractivity contribution in [1.29, 1.82) is 0 Å². The Morgan fingerprint density at radius 1 is 0.957 bits per heavy atom. The van der Waals surface area contributed by atoms with Crippen LogP contribution in [-0.2, 0) is 0 Å². The summed E-state index contributed by atoms with van der Waals surface area (Å²) in [6.07, 6.45) is 3.26. The Bertz CT molecular complexity index is 695. The molecule has 0 saturated heterocycles. The van der Waals surface area contributed by atoms with Crippen molar-refractivity contribution < 1.29 is 19.0 Å². The van der Waals surface area contributed by atoms with E-state index in [2.05, 4.69) is 22.6 Å². The van der Waals surface area contributed by atoms with E-state index in [1.54, 1.807) is 39.5 Å². The second-order valence-electron chi connectivity index (χ2n) is 4.66.